The first kappa shape index (κ1) is 8.32. The van der Waals surface area contributed by atoms with Gasteiger partial charge >= 0.3 is 0 Å². The summed E-state index contributed by atoms with van der Waals surface area (Å²) in [7, 11) is 0. The zero-order chi connectivity index (χ0) is 9.42. The Morgan fingerprint density at radius 1 is 1.46 bits per heavy atom. The summed E-state index contributed by atoms with van der Waals surface area (Å²) >= 11 is 5.92. The first-order valence-electron chi connectivity index (χ1n) is 3.86. The molecule has 2 nitrogen and oxygen atoms in total. The van der Waals surface area contributed by atoms with E-state index in [9.17, 15) is 4.79 Å². The fraction of sp³-hybridized carbons (Fsp3) is 0.100. The number of hydrogen-bond acceptors (Lipinski definition) is 2. The van der Waals surface area contributed by atoms with Crippen LogP contribution in [0.15, 0.2) is 22.6 Å². The Balaban J connectivity index is 2.91. The molecule has 0 atom stereocenters. The molecule has 0 saturated heterocycles. The minimum atomic E-state index is 0.535. The molecule has 13 heavy (non-hydrogen) atoms. The van der Waals surface area contributed by atoms with Gasteiger partial charge in [-0.3, -0.25) is 4.79 Å². The Bertz CT molecular complexity index is 471. The average Bonchev–Trinajstić information content (AvgIpc) is 2.48. The van der Waals surface area contributed by atoms with Gasteiger partial charge in [0.25, 0.3) is 0 Å². The Morgan fingerprint density at radius 2 is 2.23 bits per heavy atom. The number of hydrogen-bond donors (Lipinski definition) is 0. The van der Waals surface area contributed by atoms with Crippen LogP contribution < -0.4 is 0 Å². The summed E-state index contributed by atoms with van der Waals surface area (Å²) in [6.45, 7) is 1.82. The molecule has 0 aliphatic heterocycles. The number of carbonyl (C=O) groups excluding carboxylic acids is 1. The number of halogens is 1. The van der Waals surface area contributed by atoms with Crippen molar-refractivity contribution in [1.82, 2.24) is 0 Å². The van der Waals surface area contributed by atoms with Crippen molar-refractivity contribution in [3.05, 3.63) is 34.5 Å². The van der Waals surface area contributed by atoms with E-state index in [0.717, 1.165) is 17.4 Å². The van der Waals surface area contributed by atoms with E-state index < -0.39 is 0 Å². The van der Waals surface area contributed by atoms with E-state index in [1.54, 1.807) is 12.1 Å². The molecule has 0 amide bonds. The van der Waals surface area contributed by atoms with Crippen LogP contribution in [0, 0.1) is 6.92 Å². The van der Waals surface area contributed by atoms with E-state index in [2.05, 4.69) is 0 Å². The van der Waals surface area contributed by atoms with Crippen LogP contribution in [0.3, 0.4) is 0 Å². The largest absolute Gasteiger partial charge is 0.461 e. The second-order valence-electron chi connectivity index (χ2n) is 2.85. The lowest BCUT2D eigenvalue weighted by atomic mass is 10.2. The number of aryl methyl sites for hydroxylation is 1. The van der Waals surface area contributed by atoms with Gasteiger partial charge in [0.15, 0.2) is 6.29 Å². The van der Waals surface area contributed by atoms with E-state index >= 15 is 0 Å². The lowest BCUT2D eigenvalue weighted by Crippen LogP contribution is -1.79. The zero-order valence-corrected chi connectivity index (χ0v) is 7.76. The normalized spacial score (nSPS) is 10.6. The molecule has 0 radical (unpaired) electrons. The van der Waals surface area contributed by atoms with Crippen LogP contribution in [-0.2, 0) is 0 Å². The molecule has 2 aromatic rings. The Hall–Kier alpha value is -1.28. The molecule has 0 aliphatic rings. The molecule has 0 N–H and O–H groups in total. The fourth-order valence-corrected chi connectivity index (χ4v) is 1.53. The number of rotatable bonds is 1. The average molecular weight is 195 g/mol. The van der Waals surface area contributed by atoms with Crippen LogP contribution in [-0.4, -0.2) is 6.29 Å². The highest BCUT2D eigenvalue weighted by atomic mass is 35.5. The van der Waals surface area contributed by atoms with Gasteiger partial charge in [-0.25, -0.2) is 0 Å². The van der Waals surface area contributed by atoms with Gasteiger partial charge in [-0.2, -0.15) is 0 Å². The maximum absolute atomic E-state index is 10.6. The summed E-state index contributed by atoms with van der Waals surface area (Å²) < 4.78 is 5.36. The Kier molecular flexibility index (Phi) is 1.85. The first-order valence-corrected chi connectivity index (χ1v) is 4.24. The summed E-state index contributed by atoms with van der Waals surface area (Å²) in [6, 6.07) is 5.17. The lowest BCUT2D eigenvalue weighted by Gasteiger charge is -1.94. The van der Waals surface area contributed by atoms with E-state index in [-0.39, 0.29) is 0 Å². The molecule has 0 fully saturated rings. The Labute approximate surface area is 80.1 Å². The van der Waals surface area contributed by atoms with Crippen LogP contribution in [0.5, 0.6) is 0 Å². The fourth-order valence-electron chi connectivity index (χ4n) is 1.33. The van der Waals surface area contributed by atoms with Gasteiger partial charge in [-0.15, -0.1) is 0 Å². The molecule has 1 aromatic heterocycles. The molecule has 1 heterocycles. The summed E-state index contributed by atoms with van der Waals surface area (Å²) in [5.74, 6) is 0.756. The quantitative estimate of drug-likeness (QED) is 0.653. The molecule has 3 heteroatoms. The monoisotopic (exact) mass is 194 g/mol. The SMILES string of the molecule is Cc1cc2c(Cl)ccc(C=O)c2o1. The van der Waals surface area contributed by atoms with Gasteiger partial charge in [0.2, 0.25) is 0 Å². The van der Waals surface area contributed by atoms with Gasteiger partial charge in [0.1, 0.15) is 11.3 Å². The molecule has 0 unspecified atom stereocenters. The maximum Gasteiger partial charge on any atom is 0.153 e. The molecule has 66 valence electrons. The van der Waals surface area contributed by atoms with Crippen LogP contribution in [0.25, 0.3) is 11.0 Å². The van der Waals surface area contributed by atoms with Crippen molar-refractivity contribution in [3.63, 3.8) is 0 Å². The zero-order valence-electron chi connectivity index (χ0n) is 7.00. The minimum Gasteiger partial charge on any atom is -0.461 e. The van der Waals surface area contributed by atoms with Crippen molar-refractivity contribution in [2.24, 2.45) is 0 Å². The summed E-state index contributed by atoms with van der Waals surface area (Å²) in [5.41, 5.74) is 1.10. The highest BCUT2D eigenvalue weighted by Crippen LogP contribution is 2.28. The third kappa shape index (κ3) is 1.23. The first-order chi connectivity index (χ1) is 6.22. The van der Waals surface area contributed by atoms with Crippen LogP contribution >= 0.6 is 11.6 Å². The van der Waals surface area contributed by atoms with Crippen molar-refractivity contribution in [1.29, 1.82) is 0 Å². The van der Waals surface area contributed by atoms with Crippen molar-refractivity contribution in [3.8, 4) is 0 Å². The van der Waals surface area contributed by atoms with Gasteiger partial charge in [-0.05, 0) is 25.1 Å². The van der Waals surface area contributed by atoms with Crippen LogP contribution in [0.2, 0.25) is 5.02 Å². The highest BCUT2D eigenvalue weighted by Gasteiger charge is 2.08. The molecule has 2 rings (SSSR count). The number of furan rings is 1. The van der Waals surface area contributed by atoms with Crippen LogP contribution in [0.4, 0.5) is 0 Å². The predicted octanol–water partition coefficient (Wildman–Crippen LogP) is 3.21. The van der Waals surface area contributed by atoms with Gasteiger partial charge < -0.3 is 4.42 Å². The van der Waals surface area contributed by atoms with Gasteiger partial charge in [0.05, 0.1) is 10.6 Å². The molecule has 1 aromatic carbocycles. The lowest BCUT2D eigenvalue weighted by molar-refractivity contribution is 0.112. The van der Waals surface area contributed by atoms with Gasteiger partial charge in [0, 0.05) is 5.39 Å². The number of carbonyl (C=O) groups is 1. The topological polar surface area (TPSA) is 30.2 Å². The highest BCUT2D eigenvalue weighted by molar-refractivity contribution is 6.35. The second-order valence-corrected chi connectivity index (χ2v) is 3.26. The van der Waals surface area contributed by atoms with E-state index in [1.165, 1.54) is 0 Å². The molecule has 0 bridgehead atoms. The van der Waals surface area contributed by atoms with Crippen molar-refractivity contribution >= 4 is 28.9 Å². The number of fused-ring (bicyclic) bond motifs is 1. The summed E-state index contributed by atoms with van der Waals surface area (Å²) in [6.07, 6.45) is 0.765. The van der Waals surface area contributed by atoms with Crippen molar-refractivity contribution < 1.29 is 9.21 Å². The maximum atomic E-state index is 10.6. The number of benzene rings is 1. The molecule has 0 saturated carbocycles. The smallest absolute Gasteiger partial charge is 0.153 e. The Morgan fingerprint density at radius 3 is 2.92 bits per heavy atom. The van der Waals surface area contributed by atoms with E-state index in [4.69, 9.17) is 16.0 Å². The predicted molar refractivity (Wildman–Crippen MR) is 51.3 cm³/mol. The third-order valence-electron chi connectivity index (χ3n) is 1.91. The van der Waals surface area contributed by atoms with Crippen molar-refractivity contribution in [2.75, 3.05) is 0 Å². The molecular weight excluding hydrogens is 188 g/mol. The standard InChI is InChI=1S/C10H7ClO2/c1-6-4-8-9(11)3-2-7(5-12)10(8)13-6/h2-5H,1H3. The number of aldehydes is 1. The third-order valence-corrected chi connectivity index (χ3v) is 2.24. The summed E-state index contributed by atoms with van der Waals surface area (Å²) in [5, 5.41) is 1.40. The van der Waals surface area contributed by atoms with E-state index in [0.29, 0.717) is 16.2 Å². The molecular formula is C10H7ClO2. The van der Waals surface area contributed by atoms with Gasteiger partial charge in [-0.1, -0.05) is 11.6 Å². The second kappa shape index (κ2) is 2.89. The minimum absolute atomic E-state index is 0.535. The summed E-state index contributed by atoms with van der Waals surface area (Å²) in [4.78, 5) is 10.6. The van der Waals surface area contributed by atoms with Crippen LogP contribution in [0.1, 0.15) is 16.1 Å². The molecule has 0 spiro atoms. The van der Waals surface area contributed by atoms with Crippen molar-refractivity contribution in [2.45, 2.75) is 6.92 Å². The van der Waals surface area contributed by atoms with E-state index in [1.807, 2.05) is 13.0 Å². The molecule has 0 aliphatic carbocycles.